The van der Waals surface area contributed by atoms with Crippen LogP contribution in [0.4, 0.5) is 18.9 Å². The van der Waals surface area contributed by atoms with Gasteiger partial charge in [-0.1, -0.05) is 23.4 Å². The number of hydrogen-bond acceptors (Lipinski definition) is 4. The summed E-state index contributed by atoms with van der Waals surface area (Å²) in [5.41, 5.74) is -0.944. The van der Waals surface area contributed by atoms with Crippen molar-refractivity contribution >= 4 is 17.3 Å². The number of alkyl halides is 3. The lowest BCUT2D eigenvalue weighted by molar-refractivity contribution is -0.419. The Balaban J connectivity index is 2.19. The van der Waals surface area contributed by atoms with Crippen molar-refractivity contribution in [2.24, 2.45) is 5.92 Å². The molecule has 0 saturated heterocycles. The SMILES string of the molecule is ON1Nc2ccc(Cl)cc2C(C#CC2CC2)(C(F)(F)F)O1. The van der Waals surface area contributed by atoms with Gasteiger partial charge in [0.05, 0.1) is 5.69 Å². The van der Waals surface area contributed by atoms with Crippen LogP contribution in [0.3, 0.4) is 0 Å². The summed E-state index contributed by atoms with van der Waals surface area (Å²) in [5, 5.41) is 9.44. The largest absolute Gasteiger partial charge is 0.435 e. The highest BCUT2D eigenvalue weighted by Crippen LogP contribution is 2.48. The summed E-state index contributed by atoms with van der Waals surface area (Å²) < 4.78 is 40.8. The molecule has 1 aliphatic carbocycles. The Morgan fingerprint density at radius 1 is 1.43 bits per heavy atom. The maximum Gasteiger partial charge on any atom is 0.435 e. The van der Waals surface area contributed by atoms with Crippen molar-refractivity contribution in [1.82, 2.24) is 5.34 Å². The Morgan fingerprint density at radius 3 is 2.76 bits per heavy atom. The monoisotopic (exact) mass is 318 g/mol. The zero-order valence-electron chi connectivity index (χ0n) is 10.5. The fraction of sp³-hybridized carbons (Fsp3) is 0.385. The van der Waals surface area contributed by atoms with Crippen molar-refractivity contribution in [1.29, 1.82) is 0 Å². The third-order valence-corrected chi connectivity index (χ3v) is 3.46. The van der Waals surface area contributed by atoms with E-state index in [1.54, 1.807) is 0 Å². The van der Waals surface area contributed by atoms with Crippen LogP contribution in [0, 0.1) is 17.8 Å². The van der Waals surface area contributed by atoms with Crippen LogP contribution in [0.1, 0.15) is 18.4 Å². The quantitative estimate of drug-likeness (QED) is 0.719. The summed E-state index contributed by atoms with van der Waals surface area (Å²) in [6.07, 6.45) is -3.31. The molecule has 0 radical (unpaired) electrons. The molecule has 0 bridgehead atoms. The van der Waals surface area contributed by atoms with Crippen LogP contribution < -0.4 is 5.43 Å². The van der Waals surface area contributed by atoms with Crippen LogP contribution in [-0.2, 0) is 10.4 Å². The summed E-state index contributed by atoms with van der Waals surface area (Å²) in [5.74, 6) is 4.65. The van der Waals surface area contributed by atoms with Crippen molar-refractivity contribution in [3.8, 4) is 11.8 Å². The first-order valence-electron chi connectivity index (χ1n) is 6.16. The summed E-state index contributed by atoms with van der Waals surface area (Å²) in [6.45, 7) is 0. The second-order valence-electron chi connectivity index (χ2n) is 4.89. The maximum atomic E-state index is 13.6. The average molecular weight is 319 g/mol. The topological polar surface area (TPSA) is 44.7 Å². The molecule has 8 heteroatoms. The minimum absolute atomic E-state index is 0.0237. The lowest BCUT2D eigenvalue weighted by Crippen LogP contribution is -2.52. The van der Waals surface area contributed by atoms with Crippen LogP contribution >= 0.6 is 11.6 Å². The fourth-order valence-corrected chi connectivity index (χ4v) is 2.18. The maximum absolute atomic E-state index is 13.6. The average Bonchev–Trinajstić information content (AvgIpc) is 3.19. The Kier molecular flexibility index (Phi) is 3.30. The predicted octanol–water partition coefficient (Wildman–Crippen LogP) is 3.47. The molecule has 1 atom stereocenters. The van der Waals surface area contributed by atoms with E-state index in [-0.39, 0.29) is 27.5 Å². The summed E-state index contributed by atoms with van der Waals surface area (Å²) in [7, 11) is 0. The van der Waals surface area contributed by atoms with Gasteiger partial charge in [-0.25, -0.2) is 4.84 Å². The van der Waals surface area contributed by atoms with Crippen LogP contribution in [0.5, 0.6) is 0 Å². The highest BCUT2D eigenvalue weighted by molar-refractivity contribution is 6.30. The number of nitrogens with one attached hydrogen (secondary N) is 1. The van der Waals surface area contributed by atoms with Gasteiger partial charge in [-0.15, -0.1) is 0 Å². The molecule has 1 aliphatic heterocycles. The number of nitrogens with zero attached hydrogens (tertiary/aromatic N) is 1. The molecule has 1 heterocycles. The van der Waals surface area contributed by atoms with Gasteiger partial charge in [-0.2, -0.15) is 13.2 Å². The van der Waals surface area contributed by atoms with E-state index in [9.17, 15) is 18.4 Å². The normalized spacial score (nSPS) is 25.6. The lowest BCUT2D eigenvalue weighted by Gasteiger charge is -2.38. The highest BCUT2D eigenvalue weighted by atomic mass is 35.5. The first kappa shape index (κ1) is 14.5. The smallest absolute Gasteiger partial charge is 0.271 e. The molecule has 3 rings (SSSR count). The molecule has 2 aliphatic rings. The molecule has 21 heavy (non-hydrogen) atoms. The van der Waals surface area contributed by atoms with Gasteiger partial charge in [0.15, 0.2) is 0 Å². The molecule has 1 aromatic carbocycles. The Hall–Kier alpha value is -1.46. The van der Waals surface area contributed by atoms with Gasteiger partial charge in [0, 0.05) is 21.8 Å². The molecule has 1 fully saturated rings. The molecule has 1 saturated carbocycles. The summed E-state index contributed by atoms with van der Waals surface area (Å²) in [4.78, 5) is 4.62. The van der Waals surface area contributed by atoms with Crippen molar-refractivity contribution < 1.29 is 23.2 Å². The molecule has 2 N–H and O–H groups in total. The van der Waals surface area contributed by atoms with Crippen LogP contribution in [0.25, 0.3) is 0 Å². The molecular weight excluding hydrogens is 309 g/mol. The predicted molar refractivity (Wildman–Crippen MR) is 68.0 cm³/mol. The minimum atomic E-state index is -4.85. The Morgan fingerprint density at radius 2 is 2.14 bits per heavy atom. The minimum Gasteiger partial charge on any atom is -0.271 e. The zero-order valence-corrected chi connectivity index (χ0v) is 11.3. The van der Waals surface area contributed by atoms with Gasteiger partial charge in [-0.3, -0.25) is 10.6 Å². The van der Waals surface area contributed by atoms with Gasteiger partial charge in [0.1, 0.15) is 0 Å². The second-order valence-corrected chi connectivity index (χ2v) is 5.32. The molecule has 1 aromatic rings. The van der Waals surface area contributed by atoms with E-state index in [1.807, 2.05) is 0 Å². The van der Waals surface area contributed by atoms with E-state index in [1.165, 1.54) is 12.1 Å². The number of fused-ring (bicyclic) bond motifs is 1. The Bertz CT molecular complexity index is 637. The molecule has 0 spiro atoms. The first-order valence-corrected chi connectivity index (χ1v) is 6.54. The van der Waals surface area contributed by atoms with Crippen molar-refractivity contribution in [2.45, 2.75) is 24.6 Å². The number of rotatable bonds is 0. The molecule has 112 valence electrons. The first-order chi connectivity index (χ1) is 9.82. The third-order valence-electron chi connectivity index (χ3n) is 3.23. The van der Waals surface area contributed by atoms with Gasteiger partial charge in [0.2, 0.25) is 0 Å². The van der Waals surface area contributed by atoms with E-state index >= 15 is 0 Å². The second kappa shape index (κ2) is 4.78. The Labute approximate surface area is 123 Å². The fourth-order valence-electron chi connectivity index (χ4n) is 2.01. The van der Waals surface area contributed by atoms with E-state index in [2.05, 4.69) is 22.1 Å². The van der Waals surface area contributed by atoms with Crippen LogP contribution in [0.15, 0.2) is 18.2 Å². The number of hydrogen-bond donors (Lipinski definition) is 2. The number of hydrazine groups is 1. The van der Waals surface area contributed by atoms with Crippen LogP contribution in [0.2, 0.25) is 5.02 Å². The molecule has 1 unspecified atom stereocenters. The summed E-state index contributed by atoms with van der Waals surface area (Å²) in [6, 6.07) is 3.86. The van der Waals surface area contributed by atoms with Gasteiger partial charge < -0.3 is 0 Å². The standard InChI is InChI=1S/C13H10ClF3N2O2/c14-9-3-4-11-10(7-9)12(13(15,16)17,21-19(20)18-11)6-5-8-1-2-8/h3-4,7-8,18,20H,1-2H2. The van der Waals surface area contributed by atoms with E-state index < -0.39 is 11.8 Å². The molecule has 0 aromatic heterocycles. The zero-order chi connectivity index (χ0) is 15.3. The number of benzene rings is 1. The van der Waals surface area contributed by atoms with Gasteiger partial charge in [0.25, 0.3) is 5.60 Å². The van der Waals surface area contributed by atoms with E-state index in [0.717, 1.165) is 18.9 Å². The summed E-state index contributed by atoms with van der Waals surface area (Å²) >= 11 is 5.79. The number of halogens is 4. The number of anilines is 1. The van der Waals surface area contributed by atoms with E-state index in [0.29, 0.717) is 0 Å². The highest BCUT2D eigenvalue weighted by Gasteiger charge is 2.61. The van der Waals surface area contributed by atoms with Gasteiger partial charge in [-0.05, 0) is 31.0 Å². The molecule has 4 nitrogen and oxygen atoms in total. The van der Waals surface area contributed by atoms with Crippen LogP contribution in [-0.4, -0.2) is 16.7 Å². The lowest BCUT2D eigenvalue weighted by atomic mass is 9.91. The third kappa shape index (κ3) is 2.56. The van der Waals surface area contributed by atoms with Gasteiger partial charge >= 0.3 is 6.18 Å². The van der Waals surface area contributed by atoms with Crippen molar-refractivity contribution in [3.63, 3.8) is 0 Å². The van der Waals surface area contributed by atoms with Crippen molar-refractivity contribution in [3.05, 3.63) is 28.8 Å². The van der Waals surface area contributed by atoms with Crippen molar-refractivity contribution in [2.75, 3.05) is 5.43 Å². The molecular formula is C13H10ClF3N2O2. The molecule has 0 amide bonds. The van der Waals surface area contributed by atoms with E-state index in [4.69, 9.17) is 11.6 Å².